The van der Waals surface area contributed by atoms with Crippen LogP contribution in [-0.2, 0) is 14.4 Å². The van der Waals surface area contributed by atoms with E-state index in [-0.39, 0.29) is 48.3 Å². The Kier molecular flexibility index (Phi) is 7.40. The van der Waals surface area contributed by atoms with Crippen molar-refractivity contribution in [3.8, 4) is 0 Å². The van der Waals surface area contributed by atoms with Crippen molar-refractivity contribution in [3.63, 3.8) is 0 Å². The van der Waals surface area contributed by atoms with E-state index in [0.29, 0.717) is 12.5 Å². The quantitative estimate of drug-likeness (QED) is 0.436. The van der Waals surface area contributed by atoms with Gasteiger partial charge in [0.2, 0.25) is 11.8 Å². The third-order valence-electron chi connectivity index (χ3n) is 7.97. The number of hydrogen-bond donors (Lipinski definition) is 2. The van der Waals surface area contributed by atoms with E-state index in [2.05, 4.69) is 22.2 Å². The van der Waals surface area contributed by atoms with Crippen molar-refractivity contribution in [2.45, 2.75) is 70.4 Å². The van der Waals surface area contributed by atoms with Crippen molar-refractivity contribution in [1.82, 2.24) is 20.2 Å². The van der Waals surface area contributed by atoms with Crippen molar-refractivity contribution >= 4 is 28.6 Å². The number of rotatable bonds is 9. The summed E-state index contributed by atoms with van der Waals surface area (Å²) >= 11 is 0. The number of imidazole rings is 1. The maximum Gasteiger partial charge on any atom is 0.225 e. The number of aromatic nitrogens is 2. The molecule has 2 N–H and O–H groups in total. The molecular weight excluding hydrogens is 464 g/mol. The zero-order chi connectivity index (χ0) is 25.9. The fourth-order valence-corrected chi connectivity index (χ4v) is 5.78. The molecule has 2 heterocycles. The number of H-pyrrole nitrogens is 1. The van der Waals surface area contributed by atoms with Crippen molar-refractivity contribution in [2.75, 3.05) is 6.54 Å². The average molecular weight is 501 g/mol. The zero-order valence-electron chi connectivity index (χ0n) is 21.7. The monoisotopic (exact) mass is 500 g/mol. The Morgan fingerprint density at radius 2 is 1.78 bits per heavy atom. The highest BCUT2D eigenvalue weighted by molar-refractivity contribution is 5.94. The third-order valence-corrected chi connectivity index (χ3v) is 7.97. The third kappa shape index (κ3) is 5.60. The summed E-state index contributed by atoms with van der Waals surface area (Å²) < 4.78 is 0. The fraction of sp³-hybridized carbons (Fsp3) is 0.467. The van der Waals surface area contributed by atoms with Gasteiger partial charge in [-0.25, -0.2) is 4.98 Å². The summed E-state index contributed by atoms with van der Waals surface area (Å²) in [6, 6.07) is 17.0. The minimum absolute atomic E-state index is 0.0109. The standard InChI is InChI=1S/C30H36N4O3/c1-19-15-22(16-19)30(37)33-25(18-28(36)34-14-8-13-26(34)21-9-4-3-5-10-21)27(35)17-20(2)29-31-23-11-6-7-12-24(23)32-29/h3-7,9-12,19-20,22,25-26H,8,13-18H2,1-2H3,(H,31,32)(H,33,37)/t19?,20?,22?,25-,26+/m0/s1. The van der Waals surface area contributed by atoms with E-state index in [4.69, 9.17) is 0 Å². The van der Waals surface area contributed by atoms with Crippen LogP contribution in [0.1, 0.15) is 75.7 Å². The minimum Gasteiger partial charge on any atom is -0.346 e. The lowest BCUT2D eigenvalue weighted by Gasteiger charge is -2.33. The van der Waals surface area contributed by atoms with Crippen LogP contribution >= 0.6 is 0 Å². The number of nitrogens with zero attached hydrogens (tertiary/aromatic N) is 2. The van der Waals surface area contributed by atoms with Gasteiger partial charge in [0, 0.05) is 24.8 Å². The lowest BCUT2D eigenvalue weighted by atomic mass is 9.75. The Morgan fingerprint density at radius 1 is 1.05 bits per heavy atom. The molecule has 3 aromatic rings. The number of para-hydroxylation sites is 2. The first-order valence-corrected chi connectivity index (χ1v) is 13.5. The average Bonchev–Trinajstić information content (AvgIpc) is 3.54. The van der Waals surface area contributed by atoms with E-state index < -0.39 is 6.04 Å². The Bertz CT molecular complexity index is 1230. The number of carbonyl (C=O) groups excluding carboxylic acids is 3. The topological polar surface area (TPSA) is 95.2 Å². The van der Waals surface area contributed by atoms with Crippen LogP contribution in [0, 0.1) is 11.8 Å². The predicted octanol–water partition coefficient (Wildman–Crippen LogP) is 4.91. The summed E-state index contributed by atoms with van der Waals surface area (Å²) in [5.41, 5.74) is 2.90. The highest BCUT2D eigenvalue weighted by Gasteiger charge is 2.37. The molecule has 2 aliphatic rings. The Labute approximate surface area is 218 Å². The van der Waals surface area contributed by atoms with E-state index in [0.717, 1.165) is 48.1 Å². The summed E-state index contributed by atoms with van der Waals surface area (Å²) in [6.07, 6.45) is 3.68. The van der Waals surface area contributed by atoms with Gasteiger partial charge >= 0.3 is 0 Å². The molecule has 2 fully saturated rings. The largest absolute Gasteiger partial charge is 0.346 e. The van der Waals surface area contributed by atoms with Crippen molar-refractivity contribution in [3.05, 3.63) is 66.0 Å². The summed E-state index contributed by atoms with van der Waals surface area (Å²) in [5.74, 6) is 0.708. The highest BCUT2D eigenvalue weighted by atomic mass is 16.2. The Balaban J connectivity index is 1.30. The lowest BCUT2D eigenvalue weighted by Crippen LogP contribution is -2.49. The van der Waals surface area contributed by atoms with Crippen molar-refractivity contribution < 1.29 is 14.4 Å². The molecule has 1 saturated carbocycles. The van der Waals surface area contributed by atoms with Crippen molar-refractivity contribution in [1.29, 1.82) is 0 Å². The highest BCUT2D eigenvalue weighted by Crippen LogP contribution is 2.34. The number of likely N-dealkylation sites (tertiary alicyclic amines) is 1. The number of amides is 2. The van der Waals surface area contributed by atoms with Crippen molar-refractivity contribution in [2.24, 2.45) is 11.8 Å². The summed E-state index contributed by atoms with van der Waals surface area (Å²) in [5, 5.41) is 2.97. The molecule has 1 aliphatic carbocycles. The number of fused-ring (bicyclic) bond motifs is 1. The molecule has 37 heavy (non-hydrogen) atoms. The normalized spacial score (nSPS) is 22.9. The van der Waals surface area contributed by atoms with E-state index in [1.807, 2.05) is 66.4 Å². The fourth-order valence-electron chi connectivity index (χ4n) is 5.78. The molecule has 1 aliphatic heterocycles. The number of ketones is 1. The SMILES string of the molecule is CC1CC(C(=O)N[C@@H](CC(=O)N2CCC[C@@H]2c2ccccc2)C(=O)CC(C)c2nc3ccccc3[nH]2)C1. The summed E-state index contributed by atoms with van der Waals surface area (Å²) in [7, 11) is 0. The number of nitrogens with one attached hydrogen (secondary N) is 2. The second-order valence-corrected chi connectivity index (χ2v) is 10.9. The first-order valence-electron chi connectivity index (χ1n) is 13.5. The van der Waals surface area contributed by atoms with Gasteiger partial charge in [0.05, 0.1) is 29.5 Å². The van der Waals surface area contributed by atoms with Crippen LogP contribution in [0.3, 0.4) is 0 Å². The number of hydrogen-bond acceptors (Lipinski definition) is 4. The van der Waals surface area contributed by atoms with Crippen LogP contribution in [0.15, 0.2) is 54.6 Å². The second-order valence-electron chi connectivity index (χ2n) is 10.9. The number of Topliss-reactive ketones (excluding diaryl/α,β-unsaturated/α-hetero) is 1. The van der Waals surface area contributed by atoms with Gasteiger partial charge in [0.1, 0.15) is 5.82 Å². The van der Waals surface area contributed by atoms with Crippen LogP contribution in [0.5, 0.6) is 0 Å². The van der Waals surface area contributed by atoms with E-state index in [1.54, 1.807) is 0 Å². The molecule has 0 spiro atoms. The van der Waals surface area contributed by atoms with E-state index in [9.17, 15) is 14.4 Å². The van der Waals surface area contributed by atoms with Crippen LogP contribution < -0.4 is 5.32 Å². The molecule has 3 atom stereocenters. The molecule has 2 aromatic carbocycles. The molecule has 1 aromatic heterocycles. The van der Waals surface area contributed by atoms with Crippen LogP contribution in [0.2, 0.25) is 0 Å². The van der Waals surface area contributed by atoms with Crippen LogP contribution in [0.4, 0.5) is 0 Å². The molecule has 0 radical (unpaired) electrons. The van der Waals surface area contributed by atoms with E-state index in [1.165, 1.54) is 0 Å². The molecule has 1 saturated heterocycles. The van der Waals surface area contributed by atoms with Crippen LogP contribution in [-0.4, -0.2) is 45.1 Å². The second kappa shape index (κ2) is 10.9. The van der Waals surface area contributed by atoms with Gasteiger partial charge in [0.25, 0.3) is 0 Å². The molecule has 7 nitrogen and oxygen atoms in total. The Morgan fingerprint density at radius 3 is 2.51 bits per heavy atom. The molecular formula is C30H36N4O3. The minimum atomic E-state index is -0.834. The zero-order valence-corrected chi connectivity index (χ0v) is 21.7. The smallest absolute Gasteiger partial charge is 0.225 e. The number of aromatic amines is 1. The first-order chi connectivity index (χ1) is 17.9. The molecule has 5 rings (SSSR count). The molecule has 7 heteroatoms. The molecule has 0 bridgehead atoms. The van der Waals surface area contributed by atoms with Gasteiger partial charge in [0.15, 0.2) is 5.78 Å². The molecule has 2 amide bonds. The maximum atomic E-state index is 13.5. The maximum absolute atomic E-state index is 13.5. The first kappa shape index (κ1) is 25.2. The van der Waals surface area contributed by atoms with Gasteiger partial charge in [-0.05, 0) is 49.3 Å². The van der Waals surface area contributed by atoms with Crippen LogP contribution in [0.25, 0.3) is 11.0 Å². The van der Waals surface area contributed by atoms with Gasteiger partial charge in [-0.3, -0.25) is 14.4 Å². The van der Waals surface area contributed by atoms with Gasteiger partial charge in [-0.2, -0.15) is 0 Å². The molecule has 1 unspecified atom stereocenters. The van der Waals surface area contributed by atoms with Gasteiger partial charge in [-0.1, -0.05) is 56.3 Å². The van der Waals surface area contributed by atoms with Gasteiger partial charge < -0.3 is 15.2 Å². The molecule has 194 valence electrons. The Hall–Kier alpha value is -3.48. The van der Waals surface area contributed by atoms with E-state index >= 15 is 0 Å². The summed E-state index contributed by atoms with van der Waals surface area (Å²) in [4.78, 5) is 49.8. The summed E-state index contributed by atoms with van der Waals surface area (Å²) in [6.45, 7) is 4.75. The predicted molar refractivity (Wildman–Crippen MR) is 143 cm³/mol. The lowest BCUT2D eigenvalue weighted by molar-refractivity contribution is -0.138. The number of carbonyl (C=O) groups is 3. The van der Waals surface area contributed by atoms with Gasteiger partial charge in [-0.15, -0.1) is 0 Å². The number of benzene rings is 2.